The van der Waals surface area contributed by atoms with E-state index in [2.05, 4.69) is 37.2 Å². The molecule has 144 valence electrons. The molecule has 1 N–H and O–H groups in total. The van der Waals surface area contributed by atoms with E-state index in [1.807, 2.05) is 36.4 Å². The normalized spacial score (nSPS) is 16.2. The summed E-state index contributed by atoms with van der Waals surface area (Å²) in [4.78, 5) is 12.5. The van der Waals surface area contributed by atoms with Crippen molar-refractivity contribution in [3.05, 3.63) is 63.0 Å². The van der Waals surface area contributed by atoms with Crippen molar-refractivity contribution in [3.63, 3.8) is 0 Å². The topological polar surface area (TPSA) is 66.5 Å². The lowest BCUT2D eigenvalue weighted by molar-refractivity contribution is -0.120. The van der Waals surface area contributed by atoms with E-state index in [0.29, 0.717) is 25.9 Å². The summed E-state index contributed by atoms with van der Waals surface area (Å²) in [6.07, 6.45) is 1.05. The number of anilines is 1. The number of carbonyl (C=O) groups excluding carboxylic acids is 1. The number of nitrogens with zero attached hydrogens (tertiary/aromatic N) is 1. The van der Waals surface area contributed by atoms with Gasteiger partial charge in [0, 0.05) is 33.6 Å². The highest BCUT2D eigenvalue weighted by molar-refractivity contribution is 9.10. The minimum absolute atomic E-state index is 0.0187. The van der Waals surface area contributed by atoms with Gasteiger partial charge in [0.05, 0.1) is 5.75 Å². The van der Waals surface area contributed by atoms with Gasteiger partial charge in [0.25, 0.3) is 0 Å². The van der Waals surface area contributed by atoms with Crippen LogP contribution >= 0.6 is 31.9 Å². The molecule has 1 heterocycles. The highest BCUT2D eigenvalue weighted by Crippen LogP contribution is 2.24. The summed E-state index contributed by atoms with van der Waals surface area (Å²) < 4.78 is 28.6. The van der Waals surface area contributed by atoms with Crippen molar-refractivity contribution < 1.29 is 13.2 Å². The highest BCUT2D eigenvalue weighted by Gasteiger charge is 2.31. The van der Waals surface area contributed by atoms with Crippen LogP contribution in [0.5, 0.6) is 0 Å². The summed E-state index contributed by atoms with van der Waals surface area (Å²) in [6, 6.07) is 14.7. The first-order valence-corrected chi connectivity index (χ1v) is 11.8. The second kappa shape index (κ2) is 8.86. The quantitative estimate of drug-likeness (QED) is 0.642. The highest BCUT2D eigenvalue weighted by atomic mass is 79.9. The monoisotopic (exact) mass is 514 g/mol. The van der Waals surface area contributed by atoms with Crippen LogP contribution in [0.25, 0.3) is 0 Å². The van der Waals surface area contributed by atoms with Crippen LogP contribution < -0.4 is 5.32 Å². The standard InChI is InChI=1S/C19H20Br2N2O3S/c20-16-6-4-14(5-7-16)13-27(25,26)23-10-8-15(9-11-23)19(24)22-18-3-1-2-17(21)12-18/h1-7,12,15H,8-11,13H2,(H,22,24). The number of hydrogen-bond donors (Lipinski definition) is 1. The number of carbonyl (C=O) groups is 1. The van der Waals surface area contributed by atoms with Crippen LogP contribution in [0.3, 0.4) is 0 Å². The maximum absolute atomic E-state index is 12.7. The molecule has 5 nitrogen and oxygen atoms in total. The molecule has 2 aromatic rings. The average Bonchev–Trinajstić information content (AvgIpc) is 2.63. The van der Waals surface area contributed by atoms with Crippen LogP contribution in [0.2, 0.25) is 0 Å². The smallest absolute Gasteiger partial charge is 0.227 e. The third-order valence-electron chi connectivity index (χ3n) is 4.57. The summed E-state index contributed by atoms with van der Waals surface area (Å²) in [7, 11) is -3.38. The fourth-order valence-electron chi connectivity index (χ4n) is 3.09. The second-order valence-corrected chi connectivity index (χ2v) is 10.4. The van der Waals surface area contributed by atoms with E-state index in [-0.39, 0.29) is 17.6 Å². The molecular weight excluding hydrogens is 496 g/mol. The number of piperidine rings is 1. The Morgan fingerprint density at radius 1 is 1.04 bits per heavy atom. The van der Waals surface area contributed by atoms with Gasteiger partial charge in [-0.3, -0.25) is 4.79 Å². The number of rotatable bonds is 5. The largest absolute Gasteiger partial charge is 0.326 e. The van der Waals surface area contributed by atoms with Crippen LogP contribution in [-0.4, -0.2) is 31.7 Å². The first kappa shape index (κ1) is 20.5. The van der Waals surface area contributed by atoms with Gasteiger partial charge >= 0.3 is 0 Å². The Balaban J connectivity index is 1.56. The van der Waals surface area contributed by atoms with Crippen molar-refractivity contribution >= 4 is 53.5 Å². The molecule has 0 aliphatic carbocycles. The van der Waals surface area contributed by atoms with Gasteiger partial charge in [-0.2, -0.15) is 0 Å². The van der Waals surface area contributed by atoms with Crippen molar-refractivity contribution in [2.45, 2.75) is 18.6 Å². The van der Waals surface area contributed by atoms with E-state index >= 15 is 0 Å². The molecule has 0 atom stereocenters. The maximum Gasteiger partial charge on any atom is 0.227 e. The zero-order valence-corrected chi connectivity index (χ0v) is 18.6. The summed E-state index contributed by atoms with van der Waals surface area (Å²) >= 11 is 6.73. The molecule has 1 aliphatic heterocycles. The molecule has 0 bridgehead atoms. The van der Waals surface area contributed by atoms with Crippen LogP contribution in [0, 0.1) is 5.92 Å². The van der Waals surface area contributed by atoms with Gasteiger partial charge in [-0.25, -0.2) is 12.7 Å². The van der Waals surface area contributed by atoms with Crippen LogP contribution in [0.4, 0.5) is 5.69 Å². The predicted molar refractivity (Wildman–Crippen MR) is 114 cm³/mol. The van der Waals surface area contributed by atoms with Gasteiger partial charge in [-0.05, 0) is 48.7 Å². The Bertz CT molecular complexity index is 909. The van der Waals surface area contributed by atoms with Crippen LogP contribution in [0.1, 0.15) is 18.4 Å². The van der Waals surface area contributed by atoms with Gasteiger partial charge in [-0.1, -0.05) is 50.1 Å². The van der Waals surface area contributed by atoms with Crippen molar-refractivity contribution in [3.8, 4) is 0 Å². The van der Waals surface area contributed by atoms with E-state index in [1.165, 1.54) is 4.31 Å². The molecule has 8 heteroatoms. The lowest BCUT2D eigenvalue weighted by Gasteiger charge is -2.30. The second-order valence-electron chi connectivity index (χ2n) is 6.56. The Morgan fingerprint density at radius 2 is 1.70 bits per heavy atom. The van der Waals surface area contributed by atoms with Gasteiger partial charge in [0.2, 0.25) is 15.9 Å². The van der Waals surface area contributed by atoms with E-state index in [1.54, 1.807) is 12.1 Å². The summed E-state index contributed by atoms with van der Waals surface area (Å²) in [5, 5.41) is 2.91. The predicted octanol–water partition coefficient (Wildman–Crippen LogP) is 4.39. The van der Waals surface area contributed by atoms with Crippen molar-refractivity contribution in [2.75, 3.05) is 18.4 Å². The minimum Gasteiger partial charge on any atom is -0.326 e. The molecule has 1 fully saturated rings. The van der Waals surface area contributed by atoms with Crippen molar-refractivity contribution in [2.24, 2.45) is 5.92 Å². The maximum atomic E-state index is 12.7. The lowest BCUT2D eigenvalue weighted by atomic mass is 9.97. The molecule has 0 aromatic heterocycles. The number of amides is 1. The fraction of sp³-hybridized carbons (Fsp3) is 0.316. The molecule has 1 aliphatic rings. The van der Waals surface area contributed by atoms with Gasteiger partial charge in [-0.15, -0.1) is 0 Å². The zero-order valence-electron chi connectivity index (χ0n) is 14.6. The first-order valence-electron chi connectivity index (χ1n) is 8.62. The Hall–Kier alpha value is -1.22. The first-order chi connectivity index (χ1) is 12.8. The molecule has 0 saturated carbocycles. The molecular formula is C19H20Br2N2O3S. The zero-order chi connectivity index (χ0) is 19.4. The number of benzene rings is 2. The Labute approximate surface area is 176 Å². The van der Waals surface area contributed by atoms with Crippen LogP contribution in [-0.2, 0) is 20.6 Å². The average molecular weight is 516 g/mol. The van der Waals surface area contributed by atoms with E-state index in [0.717, 1.165) is 20.2 Å². The summed E-state index contributed by atoms with van der Waals surface area (Å²) in [6.45, 7) is 0.741. The van der Waals surface area contributed by atoms with Gasteiger partial charge in [0.1, 0.15) is 0 Å². The third kappa shape index (κ3) is 5.63. The summed E-state index contributed by atoms with van der Waals surface area (Å²) in [5.41, 5.74) is 1.49. The van der Waals surface area contributed by atoms with E-state index in [9.17, 15) is 13.2 Å². The third-order valence-corrected chi connectivity index (χ3v) is 7.44. The molecule has 0 spiro atoms. The fourth-order valence-corrected chi connectivity index (χ4v) is 5.32. The molecule has 1 saturated heterocycles. The van der Waals surface area contributed by atoms with E-state index < -0.39 is 10.0 Å². The Morgan fingerprint density at radius 3 is 2.33 bits per heavy atom. The number of hydrogen-bond acceptors (Lipinski definition) is 3. The molecule has 2 aromatic carbocycles. The lowest BCUT2D eigenvalue weighted by Crippen LogP contribution is -2.41. The molecule has 3 rings (SSSR count). The number of sulfonamides is 1. The molecule has 0 radical (unpaired) electrons. The van der Waals surface area contributed by atoms with Gasteiger partial charge in [0.15, 0.2) is 0 Å². The summed E-state index contributed by atoms with van der Waals surface area (Å²) in [5.74, 6) is -0.254. The molecule has 27 heavy (non-hydrogen) atoms. The minimum atomic E-state index is -3.38. The SMILES string of the molecule is O=C(Nc1cccc(Br)c1)C1CCN(S(=O)(=O)Cc2ccc(Br)cc2)CC1. The Kier molecular flexibility index (Phi) is 6.73. The number of halogens is 2. The van der Waals surface area contributed by atoms with Crippen molar-refractivity contribution in [1.29, 1.82) is 0 Å². The van der Waals surface area contributed by atoms with Crippen molar-refractivity contribution in [1.82, 2.24) is 4.31 Å². The van der Waals surface area contributed by atoms with Gasteiger partial charge < -0.3 is 5.32 Å². The van der Waals surface area contributed by atoms with E-state index in [4.69, 9.17) is 0 Å². The van der Waals surface area contributed by atoms with Crippen LogP contribution in [0.15, 0.2) is 57.5 Å². The molecule has 1 amide bonds. The molecule has 0 unspecified atom stereocenters. The number of nitrogens with one attached hydrogen (secondary N) is 1.